The molecule has 1 aromatic rings. The van der Waals surface area contributed by atoms with Gasteiger partial charge in [-0.25, -0.2) is 9.78 Å². The summed E-state index contributed by atoms with van der Waals surface area (Å²) in [6, 6.07) is 1.66. The van der Waals surface area contributed by atoms with Crippen LogP contribution in [0, 0.1) is 6.92 Å². The second-order valence-corrected chi connectivity index (χ2v) is 3.32. The highest BCUT2D eigenvalue weighted by Crippen LogP contribution is 2.18. The minimum atomic E-state index is -0.993. The molecule has 0 unspecified atom stereocenters. The van der Waals surface area contributed by atoms with E-state index in [1.54, 1.807) is 19.2 Å². The lowest BCUT2D eigenvalue weighted by Crippen LogP contribution is -2.08. The predicted molar refractivity (Wildman–Crippen MR) is 56.3 cm³/mol. The number of hydrogen-bond acceptors (Lipinski definition) is 3. The lowest BCUT2D eigenvalue weighted by molar-refractivity contribution is 0.0690. The molecule has 1 heterocycles. The van der Waals surface area contributed by atoms with Crippen LogP contribution in [0.25, 0.3) is 0 Å². The molecule has 0 aliphatic rings. The van der Waals surface area contributed by atoms with Gasteiger partial charge in [0.05, 0.1) is 6.61 Å². The van der Waals surface area contributed by atoms with Gasteiger partial charge in [-0.2, -0.15) is 0 Å². The molecular formula is C11H15NO3. The minimum absolute atomic E-state index is 0.161. The van der Waals surface area contributed by atoms with E-state index < -0.39 is 5.97 Å². The molecule has 1 rings (SSSR count). The molecule has 0 aromatic carbocycles. The number of unbranched alkanes of at least 4 members (excludes halogenated alkanes) is 1. The van der Waals surface area contributed by atoms with E-state index in [9.17, 15) is 4.79 Å². The maximum atomic E-state index is 11.0. The van der Waals surface area contributed by atoms with Gasteiger partial charge in [-0.3, -0.25) is 0 Å². The van der Waals surface area contributed by atoms with Crippen LogP contribution in [0.15, 0.2) is 12.3 Å². The van der Waals surface area contributed by atoms with Crippen LogP contribution in [0.2, 0.25) is 0 Å². The van der Waals surface area contributed by atoms with E-state index in [1.807, 2.05) is 6.92 Å². The van der Waals surface area contributed by atoms with Crippen LogP contribution >= 0.6 is 0 Å². The molecule has 1 N–H and O–H groups in total. The van der Waals surface area contributed by atoms with Crippen molar-refractivity contribution in [2.45, 2.75) is 26.7 Å². The first-order chi connectivity index (χ1) is 7.16. The van der Waals surface area contributed by atoms with Crippen molar-refractivity contribution in [3.8, 4) is 5.88 Å². The van der Waals surface area contributed by atoms with E-state index in [4.69, 9.17) is 9.84 Å². The zero-order chi connectivity index (χ0) is 11.3. The lowest BCUT2D eigenvalue weighted by atomic mass is 10.1. The summed E-state index contributed by atoms with van der Waals surface area (Å²) < 4.78 is 5.33. The van der Waals surface area contributed by atoms with Crippen molar-refractivity contribution in [1.29, 1.82) is 0 Å². The van der Waals surface area contributed by atoms with Gasteiger partial charge in [-0.05, 0) is 25.0 Å². The first kappa shape index (κ1) is 11.5. The second kappa shape index (κ2) is 5.34. The molecule has 0 bridgehead atoms. The Labute approximate surface area is 88.9 Å². The number of hydrogen-bond donors (Lipinski definition) is 1. The summed E-state index contributed by atoms with van der Waals surface area (Å²) in [5.74, 6) is -0.775. The van der Waals surface area contributed by atoms with Gasteiger partial charge >= 0.3 is 5.97 Å². The number of aromatic carboxylic acids is 1. The van der Waals surface area contributed by atoms with Gasteiger partial charge < -0.3 is 9.84 Å². The molecular weight excluding hydrogens is 194 g/mol. The zero-order valence-electron chi connectivity index (χ0n) is 8.99. The summed E-state index contributed by atoms with van der Waals surface area (Å²) in [5.41, 5.74) is 0.831. The summed E-state index contributed by atoms with van der Waals surface area (Å²) in [6.45, 7) is 4.29. The van der Waals surface area contributed by atoms with E-state index in [-0.39, 0.29) is 11.4 Å². The van der Waals surface area contributed by atoms with Gasteiger partial charge in [0.25, 0.3) is 0 Å². The van der Waals surface area contributed by atoms with Crippen molar-refractivity contribution in [3.63, 3.8) is 0 Å². The van der Waals surface area contributed by atoms with Crippen molar-refractivity contribution < 1.29 is 14.6 Å². The fourth-order valence-corrected chi connectivity index (χ4v) is 1.22. The zero-order valence-corrected chi connectivity index (χ0v) is 8.99. The Bertz CT molecular complexity index is 350. The number of rotatable bonds is 5. The smallest absolute Gasteiger partial charge is 0.341 e. The lowest BCUT2D eigenvalue weighted by Gasteiger charge is -2.08. The molecule has 1 aromatic heterocycles. The monoisotopic (exact) mass is 209 g/mol. The number of pyridine rings is 1. The number of ether oxygens (including phenoxy) is 1. The standard InChI is InChI=1S/C11H15NO3/c1-3-4-7-15-10-9(11(13)14)8(2)5-6-12-10/h5-6H,3-4,7H2,1-2H3,(H,13,14). The number of aryl methyl sites for hydroxylation is 1. The molecule has 0 fully saturated rings. The van der Waals surface area contributed by atoms with Crippen molar-refractivity contribution in [2.24, 2.45) is 0 Å². The Morgan fingerprint density at radius 2 is 2.33 bits per heavy atom. The van der Waals surface area contributed by atoms with Crippen LogP contribution in [0.1, 0.15) is 35.7 Å². The van der Waals surface area contributed by atoms with Gasteiger partial charge in [0, 0.05) is 6.20 Å². The highest BCUT2D eigenvalue weighted by molar-refractivity contribution is 5.91. The number of nitrogens with zero attached hydrogens (tertiary/aromatic N) is 1. The third kappa shape index (κ3) is 2.94. The molecule has 4 heteroatoms. The fourth-order valence-electron chi connectivity index (χ4n) is 1.22. The summed E-state index contributed by atoms with van der Waals surface area (Å²) in [7, 11) is 0. The molecule has 4 nitrogen and oxygen atoms in total. The second-order valence-electron chi connectivity index (χ2n) is 3.32. The molecule has 0 amide bonds. The van der Waals surface area contributed by atoms with Gasteiger partial charge in [0.1, 0.15) is 5.56 Å². The van der Waals surface area contributed by atoms with E-state index in [0.29, 0.717) is 12.2 Å². The van der Waals surface area contributed by atoms with Gasteiger partial charge in [-0.1, -0.05) is 13.3 Å². The molecule has 0 aliphatic heterocycles. The minimum Gasteiger partial charge on any atom is -0.477 e. The van der Waals surface area contributed by atoms with E-state index in [2.05, 4.69) is 4.98 Å². The van der Waals surface area contributed by atoms with Crippen molar-refractivity contribution in [2.75, 3.05) is 6.61 Å². The maximum Gasteiger partial charge on any atom is 0.341 e. The Balaban J connectivity index is 2.86. The number of carboxylic acids is 1. The van der Waals surface area contributed by atoms with Crippen LogP contribution in [0.3, 0.4) is 0 Å². The average molecular weight is 209 g/mol. The van der Waals surface area contributed by atoms with Crippen LogP contribution < -0.4 is 4.74 Å². The van der Waals surface area contributed by atoms with Gasteiger partial charge in [0.2, 0.25) is 5.88 Å². The Kier molecular flexibility index (Phi) is 4.09. The van der Waals surface area contributed by atoms with E-state index >= 15 is 0 Å². The molecule has 15 heavy (non-hydrogen) atoms. The summed E-state index contributed by atoms with van der Waals surface area (Å²) >= 11 is 0. The Morgan fingerprint density at radius 1 is 1.60 bits per heavy atom. The summed E-state index contributed by atoms with van der Waals surface area (Å²) in [5, 5.41) is 8.98. The van der Waals surface area contributed by atoms with Crippen LogP contribution in [-0.4, -0.2) is 22.7 Å². The van der Waals surface area contributed by atoms with Crippen LogP contribution in [-0.2, 0) is 0 Å². The maximum absolute atomic E-state index is 11.0. The van der Waals surface area contributed by atoms with Crippen molar-refractivity contribution in [1.82, 2.24) is 4.98 Å². The number of aromatic nitrogens is 1. The average Bonchev–Trinajstić information content (AvgIpc) is 2.17. The summed E-state index contributed by atoms with van der Waals surface area (Å²) in [6.07, 6.45) is 3.46. The highest BCUT2D eigenvalue weighted by Gasteiger charge is 2.15. The van der Waals surface area contributed by atoms with Gasteiger partial charge in [0.15, 0.2) is 0 Å². The SMILES string of the molecule is CCCCOc1nccc(C)c1C(=O)O. The normalized spacial score (nSPS) is 10.0. The topological polar surface area (TPSA) is 59.4 Å². The molecule has 0 aliphatic carbocycles. The number of carbonyl (C=O) groups is 1. The Hall–Kier alpha value is -1.58. The molecule has 82 valence electrons. The first-order valence-corrected chi connectivity index (χ1v) is 4.98. The van der Waals surface area contributed by atoms with E-state index in [1.165, 1.54) is 0 Å². The largest absolute Gasteiger partial charge is 0.477 e. The molecule has 0 atom stereocenters. The van der Waals surface area contributed by atoms with Crippen molar-refractivity contribution in [3.05, 3.63) is 23.4 Å². The third-order valence-electron chi connectivity index (χ3n) is 2.08. The third-order valence-corrected chi connectivity index (χ3v) is 2.08. The Morgan fingerprint density at radius 3 is 2.93 bits per heavy atom. The molecule has 0 saturated heterocycles. The molecule has 0 radical (unpaired) electrons. The van der Waals surface area contributed by atoms with Crippen LogP contribution in [0.4, 0.5) is 0 Å². The van der Waals surface area contributed by atoms with Crippen LogP contribution in [0.5, 0.6) is 5.88 Å². The van der Waals surface area contributed by atoms with Gasteiger partial charge in [-0.15, -0.1) is 0 Å². The van der Waals surface area contributed by atoms with Crippen molar-refractivity contribution >= 4 is 5.97 Å². The fraction of sp³-hybridized carbons (Fsp3) is 0.455. The molecule has 0 saturated carbocycles. The predicted octanol–water partition coefficient (Wildman–Crippen LogP) is 2.27. The number of carboxylic acid groups (broad SMARTS) is 1. The first-order valence-electron chi connectivity index (χ1n) is 4.98. The quantitative estimate of drug-likeness (QED) is 0.756. The molecule has 0 spiro atoms. The summed E-state index contributed by atoms with van der Waals surface area (Å²) in [4.78, 5) is 14.9. The highest BCUT2D eigenvalue weighted by atomic mass is 16.5. The van der Waals surface area contributed by atoms with E-state index in [0.717, 1.165) is 12.8 Å².